The first kappa shape index (κ1) is 20.8. The van der Waals surface area contributed by atoms with Gasteiger partial charge >= 0.3 is 0 Å². The fraction of sp³-hybridized carbons (Fsp3) is 0.238. The molecule has 0 aliphatic carbocycles. The van der Waals surface area contributed by atoms with Gasteiger partial charge < -0.3 is 20.5 Å². The number of para-hydroxylation sites is 2. The van der Waals surface area contributed by atoms with Gasteiger partial charge in [0.25, 0.3) is 5.69 Å². The van der Waals surface area contributed by atoms with E-state index in [1.54, 1.807) is 25.2 Å². The molecule has 0 aliphatic heterocycles. The minimum absolute atomic E-state index is 0.0611. The maximum atomic E-state index is 11.1. The average molecular weight is 407 g/mol. The van der Waals surface area contributed by atoms with Crippen molar-refractivity contribution in [2.75, 3.05) is 32.5 Å². The number of H-pyrrole nitrogens is 1. The molecule has 0 radical (unpaired) electrons. The normalized spacial score (nSPS) is 11.2. The highest BCUT2D eigenvalue weighted by molar-refractivity contribution is 5.79. The molecule has 9 nitrogen and oxygen atoms in total. The summed E-state index contributed by atoms with van der Waals surface area (Å²) in [6.07, 6.45) is 1.82. The van der Waals surface area contributed by atoms with E-state index in [1.165, 1.54) is 6.07 Å². The summed E-state index contributed by atoms with van der Waals surface area (Å²) in [6, 6.07) is 16.6. The monoisotopic (exact) mass is 407 g/mol. The lowest BCUT2D eigenvalue weighted by molar-refractivity contribution is -0.384. The molecule has 0 fully saturated rings. The molecule has 9 heteroatoms. The minimum atomic E-state index is -0.393. The molecule has 0 bridgehead atoms. The molecule has 3 aromatic rings. The van der Waals surface area contributed by atoms with E-state index in [4.69, 9.17) is 0 Å². The number of anilines is 1. The Morgan fingerprint density at radius 3 is 2.63 bits per heavy atom. The third kappa shape index (κ3) is 5.34. The van der Waals surface area contributed by atoms with Crippen LogP contribution in [0.4, 0.5) is 11.4 Å². The first-order valence-corrected chi connectivity index (χ1v) is 9.57. The molecular formula is C21H25N7O2. The number of hydrogen-bond acceptors (Lipinski definition) is 5. The van der Waals surface area contributed by atoms with Crippen molar-refractivity contribution >= 4 is 17.3 Å². The van der Waals surface area contributed by atoms with Crippen molar-refractivity contribution in [2.45, 2.75) is 6.54 Å². The van der Waals surface area contributed by atoms with Crippen LogP contribution in [0.25, 0.3) is 11.3 Å². The summed E-state index contributed by atoms with van der Waals surface area (Å²) in [6.45, 7) is 1.62. The fourth-order valence-electron chi connectivity index (χ4n) is 3.05. The Labute approximate surface area is 175 Å². The van der Waals surface area contributed by atoms with Gasteiger partial charge in [0.05, 0.1) is 23.4 Å². The maximum absolute atomic E-state index is 11.1. The van der Waals surface area contributed by atoms with E-state index in [1.807, 2.05) is 48.5 Å². The SMILES string of the molecule is CN=C(NCCNc1ccccc1[N+](=O)[O-])N(C)Cc1ncc(-c2ccccc2)[nH]1. The molecular weight excluding hydrogens is 382 g/mol. The van der Waals surface area contributed by atoms with E-state index >= 15 is 0 Å². The summed E-state index contributed by atoms with van der Waals surface area (Å²) in [5, 5.41) is 17.4. The number of hydrogen-bond donors (Lipinski definition) is 3. The van der Waals surface area contributed by atoms with Gasteiger partial charge in [-0.25, -0.2) is 4.98 Å². The Balaban J connectivity index is 1.51. The second-order valence-electron chi connectivity index (χ2n) is 6.64. The molecule has 3 rings (SSSR count). The van der Waals surface area contributed by atoms with Crippen molar-refractivity contribution in [3.05, 3.63) is 76.7 Å². The van der Waals surface area contributed by atoms with E-state index in [2.05, 4.69) is 25.6 Å². The summed E-state index contributed by atoms with van der Waals surface area (Å²) in [4.78, 5) is 24.7. The van der Waals surface area contributed by atoms with Crippen LogP contribution in [0, 0.1) is 10.1 Å². The second-order valence-corrected chi connectivity index (χ2v) is 6.64. The molecule has 1 heterocycles. The average Bonchev–Trinajstić information content (AvgIpc) is 3.23. The molecule has 0 spiro atoms. The van der Waals surface area contributed by atoms with Crippen molar-refractivity contribution in [1.82, 2.24) is 20.2 Å². The first-order chi connectivity index (χ1) is 14.6. The Hall–Kier alpha value is -3.88. The lowest BCUT2D eigenvalue weighted by Crippen LogP contribution is -2.40. The summed E-state index contributed by atoms with van der Waals surface area (Å²) in [7, 11) is 3.64. The number of nitrogens with zero attached hydrogens (tertiary/aromatic N) is 4. The molecule has 156 valence electrons. The summed E-state index contributed by atoms with van der Waals surface area (Å²) < 4.78 is 0. The number of imidazole rings is 1. The third-order valence-corrected chi connectivity index (χ3v) is 4.50. The van der Waals surface area contributed by atoms with E-state index in [-0.39, 0.29) is 5.69 Å². The predicted molar refractivity (Wildman–Crippen MR) is 118 cm³/mol. The lowest BCUT2D eigenvalue weighted by Gasteiger charge is -2.21. The van der Waals surface area contributed by atoms with Gasteiger partial charge in [0.1, 0.15) is 11.5 Å². The third-order valence-electron chi connectivity index (χ3n) is 4.50. The zero-order valence-electron chi connectivity index (χ0n) is 17.0. The number of aromatic amines is 1. The van der Waals surface area contributed by atoms with E-state index < -0.39 is 4.92 Å². The smallest absolute Gasteiger partial charge is 0.292 e. The topological polar surface area (TPSA) is 111 Å². The van der Waals surface area contributed by atoms with Gasteiger partial charge in [0, 0.05) is 33.3 Å². The molecule has 0 saturated carbocycles. The van der Waals surface area contributed by atoms with Crippen LogP contribution in [0.1, 0.15) is 5.82 Å². The van der Waals surface area contributed by atoms with Crippen molar-refractivity contribution in [2.24, 2.45) is 4.99 Å². The number of nitrogens with one attached hydrogen (secondary N) is 3. The lowest BCUT2D eigenvalue weighted by atomic mass is 10.2. The summed E-state index contributed by atoms with van der Waals surface area (Å²) in [5.74, 6) is 1.54. The predicted octanol–water partition coefficient (Wildman–Crippen LogP) is 3.10. The van der Waals surface area contributed by atoms with Crippen LogP contribution in [0.2, 0.25) is 0 Å². The highest BCUT2D eigenvalue weighted by Gasteiger charge is 2.12. The van der Waals surface area contributed by atoms with E-state index in [0.29, 0.717) is 31.3 Å². The molecule has 30 heavy (non-hydrogen) atoms. The Morgan fingerprint density at radius 2 is 1.90 bits per heavy atom. The zero-order valence-corrected chi connectivity index (χ0v) is 17.0. The van der Waals surface area contributed by atoms with Gasteiger partial charge in [0.15, 0.2) is 5.96 Å². The first-order valence-electron chi connectivity index (χ1n) is 9.57. The Kier molecular flexibility index (Phi) is 6.99. The molecule has 0 aliphatic rings. The van der Waals surface area contributed by atoms with Crippen LogP contribution in [0.15, 0.2) is 65.8 Å². The van der Waals surface area contributed by atoms with E-state index in [0.717, 1.165) is 17.1 Å². The van der Waals surface area contributed by atoms with Crippen LogP contribution in [-0.4, -0.2) is 52.9 Å². The minimum Gasteiger partial charge on any atom is -0.378 e. The van der Waals surface area contributed by atoms with Crippen LogP contribution in [0.3, 0.4) is 0 Å². The second kappa shape index (κ2) is 10.1. The largest absolute Gasteiger partial charge is 0.378 e. The maximum Gasteiger partial charge on any atom is 0.292 e. The number of rotatable bonds is 8. The van der Waals surface area contributed by atoms with Gasteiger partial charge in [-0.3, -0.25) is 15.1 Å². The number of aromatic nitrogens is 2. The molecule has 0 unspecified atom stereocenters. The van der Waals surface area contributed by atoms with Crippen molar-refractivity contribution in [3.8, 4) is 11.3 Å². The highest BCUT2D eigenvalue weighted by Crippen LogP contribution is 2.22. The van der Waals surface area contributed by atoms with Crippen LogP contribution in [0.5, 0.6) is 0 Å². The van der Waals surface area contributed by atoms with Crippen LogP contribution in [-0.2, 0) is 6.54 Å². The van der Waals surface area contributed by atoms with Crippen molar-refractivity contribution < 1.29 is 4.92 Å². The summed E-state index contributed by atoms with van der Waals surface area (Å²) >= 11 is 0. The number of aliphatic imine (C=N–C) groups is 1. The van der Waals surface area contributed by atoms with Crippen LogP contribution < -0.4 is 10.6 Å². The number of guanidine groups is 1. The van der Waals surface area contributed by atoms with Gasteiger partial charge in [-0.05, 0) is 11.6 Å². The van der Waals surface area contributed by atoms with Crippen molar-refractivity contribution in [1.29, 1.82) is 0 Å². The van der Waals surface area contributed by atoms with Gasteiger partial charge in [0.2, 0.25) is 0 Å². The molecule has 0 atom stereocenters. The summed E-state index contributed by atoms with van der Waals surface area (Å²) in [5.41, 5.74) is 2.61. The zero-order chi connectivity index (χ0) is 21.3. The number of benzene rings is 2. The van der Waals surface area contributed by atoms with Crippen LogP contribution >= 0.6 is 0 Å². The molecule has 1 aromatic heterocycles. The quantitative estimate of drug-likeness (QED) is 0.174. The van der Waals surface area contributed by atoms with Gasteiger partial charge in [-0.1, -0.05) is 42.5 Å². The fourth-order valence-corrected chi connectivity index (χ4v) is 3.05. The molecule has 2 aromatic carbocycles. The van der Waals surface area contributed by atoms with E-state index in [9.17, 15) is 10.1 Å². The standard InChI is InChI=1S/C21H25N7O2/c1-22-21(24-13-12-23-17-10-6-7-11-19(17)28(29)30)27(2)15-20-25-14-18(26-20)16-8-4-3-5-9-16/h3-11,14,23H,12-13,15H2,1-2H3,(H,22,24)(H,25,26). The number of nitro benzene ring substituents is 1. The number of nitro groups is 1. The Morgan fingerprint density at radius 1 is 1.17 bits per heavy atom. The highest BCUT2D eigenvalue weighted by atomic mass is 16.6. The molecule has 0 saturated heterocycles. The van der Waals surface area contributed by atoms with Gasteiger partial charge in [-0.2, -0.15) is 0 Å². The molecule has 0 amide bonds. The molecule has 3 N–H and O–H groups in total. The van der Waals surface area contributed by atoms with Crippen molar-refractivity contribution in [3.63, 3.8) is 0 Å². The van der Waals surface area contributed by atoms with Gasteiger partial charge in [-0.15, -0.1) is 0 Å². The Bertz CT molecular complexity index is 1000.